The fourth-order valence-corrected chi connectivity index (χ4v) is 3.47. The summed E-state index contributed by atoms with van der Waals surface area (Å²) in [6.45, 7) is 2.85. The molecule has 1 aromatic heterocycles. The van der Waals surface area contributed by atoms with Gasteiger partial charge in [0.15, 0.2) is 0 Å². The highest BCUT2D eigenvalue weighted by Crippen LogP contribution is 2.15. The zero-order chi connectivity index (χ0) is 14.8. The fraction of sp³-hybridized carbons (Fsp3) is 0.500. The fourth-order valence-electron chi connectivity index (χ4n) is 3.11. The third-order valence-electron chi connectivity index (χ3n) is 4.32. The maximum atomic E-state index is 5.60. The van der Waals surface area contributed by atoms with E-state index in [1.807, 2.05) is 11.9 Å². The van der Waals surface area contributed by atoms with Gasteiger partial charge in [-0.05, 0) is 30.0 Å². The van der Waals surface area contributed by atoms with Crippen LogP contribution in [0.3, 0.4) is 0 Å². The highest BCUT2D eigenvalue weighted by Gasteiger charge is 2.21. The maximum Gasteiger partial charge on any atom is 0.0800 e. The number of rotatable bonds is 4. The van der Waals surface area contributed by atoms with E-state index in [2.05, 4.69) is 22.0 Å². The molecule has 0 bridgehead atoms. The topological polar surface area (TPSA) is 22.3 Å². The second-order valence-electron chi connectivity index (χ2n) is 5.80. The zero-order valence-corrected chi connectivity index (χ0v) is 14.0. The molecule has 1 aliphatic carbocycles. The standard InChI is InChI=1S/C16H21N3S2/c1-18(11-20)8-7-16(21)19-9-6-13-12-4-2-3-5-14(12)17-15(13)10-19/h4-5,11,17H,2-3,6-10H2,1H3. The number of nitrogens with zero attached hydrogens (tertiary/aromatic N) is 2. The summed E-state index contributed by atoms with van der Waals surface area (Å²) in [6, 6.07) is 0. The molecule has 3 rings (SSSR count). The Morgan fingerprint density at radius 3 is 3.05 bits per heavy atom. The average Bonchev–Trinajstić information content (AvgIpc) is 2.89. The molecule has 0 aromatic carbocycles. The van der Waals surface area contributed by atoms with Crippen molar-refractivity contribution in [2.45, 2.75) is 32.2 Å². The normalized spacial score (nSPS) is 16.3. The van der Waals surface area contributed by atoms with Crippen molar-refractivity contribution in [2.24, 2.45) is 0 Å². The molecular weight excluding hydrogens is 298 g/mol. The van der Waals surface area contributed by atoms with Gasteiger partial charge in [0.05, 0.1) is 17.0 Å². The van der Waals surface area contributed by atoms with Gasteiger partial charge in [-0.2, -0.15) is 0 Å². The van der Waals surface area contributed by atoms with Gasteiger partial charge in [0.1, 0.15) is 0 Å². The third kappa shape index (κ3) is 3.04. The van der Waals surface area contributed by atoms with E-state index in [1.165, 1.54) is 28.2 Å². The van der Waals surface area contributed by atoms with Gasteiger partial charge >= 0.3 is 0 Å². The zero-order valence-electron chi connectivity index (χ0n) is 12.4. The van der Waals surface area contributed by atoms with E-state index in [4.69, 9.17) is 24.4 Å². The first-order chi connectivity index (χ1) is 10.2. The number of hydrogen-bond acceptors (Lipinski definition) is 2. The molecule has 0 atom stereocenters. The summed E-state index contributed by atoms with van der Waals surface area (Å²) in [5.74, 6) is 0. The van der Waals surface area contributed by atoms with Crippen molar-refractivity contribution in [3.8, 4) is 0 Å². The molecule has 2 aliphatic rings. The highest BCUT2D eigenvalue weighted by atomic mass is 32.1. The average molecular weight is 319 g/mol. The number of aromatic nitrogens is 1. The molecule has 0 saturated heterocycles. The van der Waals surface area contributed by atoms with Gasteiger partial charge in [0.25, 0.3) is 0 Å². The number of H-pyrrole nitrogens is 1. The van der Waals surface area contributed by atoms with Crippen LogP contribution < -0.4 is 10.6 Å². The van der Waals surface area contributed by atoms with Crippen LogP contribution in [0.25, 0.3) is 12.2 Å². The minimum Gasteiger partial charge on any atom is -0.371 e. The van der Waals surface area contributed by atoms with Crippen LogP contribution in [0.4, 0.5) is 0 Å². The van der Waals surface area contributed by atoms with Crippen LogP contribution in [0, 0.1) is 0 Å². The molecule has 2 heterocycles. The van der Waals surface area contributed by atoms with E-state index in [-0.39, 0.29) is 0 Å². The lowest BCUT2D eigenvalue weighted by Gasteiger charge is -2.30. The Bertz CT molecular complexity index is 674. The van der Waals surface area contributed by atoms with Crippen LogP contribution in [0.2, 0.25) is 0 Å². The molecule has 0 spiro atoms. The lowest BCUT2D eigenvalue weighted by Crippen LogP contribution is -2.37. The first-order valence-corrected chi connectivity index (χ1v) is 8.40. The first-order valence-electron chi connectivity index (χ1n) is 7.52. The van der Waals surface area contributed by atoms with Gasteiger partial charge in [-0.3, -0.25) is 0 Å². The Labute approximate surface area is 136 Å². The van der Waals surface area contributed by atoms with Gasteiger partial charge in [-0.15, -0.1) is 0 Å². The molecule has 1 aliphatic heterocycles. The summed E-state index contributed by atoms with van der Waals surface area (Å²) in [7, 11) is 1.99. The third-order valence-corrected chi connectivity index (χ3v) is 5.14. The van der Waals surface area contributed by atoms with Crippen LogP contribution in [0.5, 0.6) is 0 Å². The molecule has 5 heteroatoms. The van der Waals surface area contributed by atoms with Gasteiger partial charge in [0.2, 0.25) is 0 Å². The van der Waals surface area contributed by atoms with Gasteiger partial charge in [-0.25, -0.2) is 0 Å². The van der Waals surface area contributed by atoms with E-state index >= 15 is 0 Å². The van der Waals surface area contributed by atoms with Crippen LogP contribution in [0.15, 0.2) is 0 Å². The largest absolute Gasteiger partial charge is 0.371 e. The van der Waals surface area contributed by atoms with E-state index in [9.17, 15) is 0 Å². The minimum absolute atomic E-state index is 0.896. The van der Waals surface area contributed by atoms with E-state index < -0.39 is 0 Å². The summed E-state index contributed by atoms with van der Waals surface area (Å²) in [5, 5.41) is 2.77. The summed E-state index contributed by atoms with van der Waals surface area (Å²) in [5.41, 5.74) is 4.55. The Morgan fingerprint density at radius 2 is 2.24 bits per heavy atom. The van der Waals surface area contributed by atoms with Gasteiger partial charge < -0.3 is 14.8 Å². The molecule has 112 valence electrons. The minimum atomic E-state index is 0.896. The van der Waals surface area contributed by atoms with E-state index in [1.54, 1.807) is 5.49 Å². The van der Waals surface area contributed by atoms with Crippen molar-refractivity contribution in [1.29, 1.82) is 0 Å². The van der Waals surface area contributed by atoms with Crippen molar-refractivity contribution in [3.63, 3.8) is 0 Å². The molecule has 1 aromatic rings. The smallest absolute Gasteiger partial charge is 0.0800 e. The summed E-state index contributed by atoms with van der Waals surface area (Å²) < 4.78 is 0. The number of aromatic amines is 1. The highest BCUT2D eigenvalue weighted by molar-refractivity contribution is 7.80. The molecule has 21 heavy (non-hydrogen) atoms. The molecule has 0 unspecified atom stereocenters. The molecule has 0 saturated carbocycles. The number of thiocarbonyl (C=S) groups is 2. The van der Waals surface area contributed by atoms with Crippen molar-refractivity contribution >= 4 is 47.1 Å². The van der Waals surface area contributed by atoms with Crippen molar-refractivity contribution in [2.75, 3.05) is 20.1 Å². The van der Waals surface area contributed by atoms with Crippen LogP contribution in [0.1, 0.15) is 30.5 Å². The predicted octanol–water partition coefficient (Wildman–Crippen LogP) is 1.33. The van der Waals surface area contributed by atoms with E-state index in [0.29, 0.717) is 0 Å². The van der Waals surface area contributed by atoms with E-state index in [0.717, 1.165) is 43.9 Å². The SMILES string of the molecule is CN(C=S)CCC(=S)N1CCc2c([nH]c3c2=CCCC=3)C1. The molecule has 3 nitrogen and oxygen atoms in total. The van der Waals surface area contributed by atoms with Crippen LogP contribution in [-0.2, 0) is 13.0 Å². The van der Waals surface area contributed by atoms with Crippen molar-refractivity contribution < 1.29 is 0 Å². The quantitative estimate of drug-likeness (QED) is 0.846. The van der Waals surface area contributed by atoms with Crippen LogP contribution >= 0.6 is 24.4 Å². The lowest BCUT2D eigenvalue weighted by molar-refractivity contribution is 0.383. The number of nitrogens with one attached hydrogen (secondary N) is 1. The van der Waals surface area contributed by atoms with Crippen LogP contribution in [-0.4, -0.2) is 45.4 Å². The summed E-state index contributed by atoms with van der Waals surface area (Å²) in [6.07, 6.45) is 9.01. The van der Waals surface area contributed by atoms with Gasteiger partial charge in [0, 0.05) is 37.6 Å². The molecular formula is C16H21N3S2. The predicted molar refractivity (Wildman–Crippen MR) is 95.8 cm³/mol. The Hall–Kier alpha value is -1.20. The monoisotopic (exact) mass is 319 g/mol. The molecule has 1 N–H and O–H groups in total. The van der Waals surface area contributed by atoms with Crippen molar-refractivity contribution in [1.82, 2.24) is 14.8 Å². The van der Waals surface area contributed by atoms with Crippen molar-refractivity contribution in [3.05, 3.63) is 21.8 Å². The maximum absolute atomic E-state index is 5.60. The Kier molecular flexibility index (Phi) is 4.40. The first kappa shape index (κ1) is 14.7. The Balaban J connectivity index is 1.72. The molecule has 0 amide bonds. The molecule has 0 radical (unpaired) electrons. The summed E-state index contributed by atoms with van der Waals surface area (Å²) >= 11 is 10.5. The molecule has 0 fully saturated rings. The Morgan fingerprint density at radius 1 is 1.43 bits per heavy atom. The number of hydrogen-bond donors (Lipinski definition) is 1. The van der Waals surface area contributed by atoms with Gasteiger partial charge in [-0.1, -0.05) is 36.6 Å². The lowest BCUT2D eigenvalue weighted by atomic mass is 10.0. The number of fused-ring (bicyclic) bond motifs is 3. The second kappa shape index (κ2) is 6.28. The summed E-state index contributed by atoms with van der Waals surface area (Å²) in [4.78, 5) is 8.98. The second-order valence-corrected chi connectivity index (χ2v) is 6.48.